The first-order valence-electron chi connectivity index (χ1n) is 8.17. The molecule has 0 radical (unpaired) electrons. The van der Waals surface area contributed by atoms with Crippen LogP contribution in [0.25, 0.3) is 5.69 Å². The monoisotopic (exact) mass is 349 g/mol. The number of carbonyl (C=O) groups is 2. The molecule has 1 N–H and O–H groups in total. The van der Waals surface area contributed by atoms with Gasteiger partial charge in [-0.05, 0) is 56.3 Å². The molecule has 6 heteroatoms. The summed E-state index contributed by atoms with van der Waals surface area (Å²) in [5, 5.41) is 6.89. The van der Waals surface area contributed by atoms with Gasteiger partial charge in [0.2, 0.25) is 0 Å². The Bertz CT molecular complexity index is 912. The molecule has 1 aromatic heterocycles. The number of rotatable bonds is 5. The molecule has 6 nitrogen and oxygen atoms in total. The highest BCUT2D eigenvalue weighted by atomic mass is 16.5. The number of anilines is 1. The van der Waals surface area contributed by atoms with E-state index in [1.54, 1.807) is 47.3 Å². The summed E-state index contributed by atoms with van der Waals surface area (Å²) < 4.78 is 6.83. The summed E-state index contributed by atoms with van der Waals surface area (Å²) in [4.78, 5) is 24.0. The molecule has 0 bridgehead atoms. The summed E-state index contributed by atoms with van der Waals surface area (Å²) in [6, 6.07) is 16.1. The molecule has 0 fully saturated rings. The first-order valence-corrected chi connectivity index (χ1v) is 8.17. The van der Waals surface area contributed by atoms with Crippen LogP contribution in [0, 0.1) is 13.8 Å². The van der Waals surface area contributed by atoms with E-state index in [1.807, 2.05) is 32.0 Å². The van der Waals surface area contributed by atoms with Gasteiger partial charge in [-0.25, -0.2) is 9.48 Å². The zero-order valence-corrected chi connectivity index (χ0v) is 14.6. The number of hydrogen-bond donors (Lipinski definition) is 1. The van der Waals surface area contributed by atoms with Crippen LogP contribution in [0.15, 0.2) is 60.8 Å². The molecule has 132 valence electrons. The lowest BCUT2D eigenvalue weighted by molar-refractivity contribution is -0.119. The minimum atomic E-state index is -0.548. The first-order chi connectivity index (χ1) is 12.5. The van der Waals surface area contributed by atoms with Crippen LogP contribution in [0.2, 0.25) is 0 Å². The van der Waals surface area contributed by atoms with Crippen LogP contribution in [-0.2, 0) is 9.53 Å². The van der Waals surface area contributed by atoms with Crippen molar-refractivity contribution in [1.29, 1.82) is 0 Å². The van der Waals surface area contributed by atoms with Crippen molar-refractivity contribution in [3.63, 3.8) is 0 Å². The number of nitrogens with one attached hydrogen (secondary N) is 1. The van der Waals surface area contributed by atoms with E-state index >= 15 is 0 Å². The number of aryl methyl sites for hydroxylation is 2. The van der Waals surface area contributed by atoms with Crippen LogP contribution in [-0.4, -0.2) is 28.3 Å². The Morgan fingerprint density at radius 3 is 2.31 bits per heavy atom. The highest BCUT2D eigenvalue weighted by Crippen LogP contribution is 2.12. The summed E-state index contributed by atoms with van der Waals surface area (Å²) in [5.74, 6) is -0.932. The van der Waals surface area contributed by atoms with E-state index in [-0.39, 0.29) is 12.5 Å². The highest BCUT2D eigenvalue weighted by molar-refractivity contribution is 5.95. The van der Waals surface area contributed by atoms with Crippen molar-refractivity contribution in [3.05, 3.63) is 77.6 Å². The van der Waals surface area contributed by atoms with Gasteiger partial charge in [0.15, 0.2) is 6.61 Å². The van der Waals surface area contributed by atoms with Crippen LogP contribution in [0.3, 0.4) is 0 Å². The predicted octanol–water partition coefficient (Wildman–Crippen LogP) is 3.28. The molecular formula is C20H19N3O3. The maximum absolute atomic E-state index is 12.1. The third kappa shape index (κ3) is 4.16. The molecule has 3 aromatic rings. The largest absolute Gasteiger partial charge is 0.452 e. The average Bonchev–Trinajstić information content (AvgIpc) is 3.08. The minimum Gasteiger partial charge on any atom is -0.452 e. The third-order valence-corrected chi connectivity index (χ3v) is 3.85. The smallest absolute Gasteiger partial charge is 0.338 e. The van der Waals surface area contributed by atoms with Crippen molar-refractivity contribution in [2.75, 3.05) is 11.9 Å². The Hall–Kier alpha value is -3.41. The molecule has 0 saturated carbocycles. The maximum atomic E-state index is 12.1. The van der Waals surface area contributed by atoms with Gasteiger partial charge in [0.25, 0.3) is 5.91 Å². The standard InChI is InChI=1S/C20H19N3O3/c1-14-3-7-17(8-4-14)22-19(24)13-26-20(25)16-5-9-18(10-6-16)23-15(2)11-12-21-23/h3-12H,13H2,1-2H3,(H,22,24). The first kappa shape index (κ1) is 17.4. The van der Waals surface area contributed by atoms with Crippen molar-refractivity contribution < 1.29 is 14.3 Å². The van der Waals surface area contributed by atoms with Crippen molar-refractivity contribution in [2.24, 2.45) is 0 Å². The van der Waals surface area contributed by atoms with Crippen molar-refractivity contribution >= 4 is 17.6 Å². The molecular weight excluding hydrogens is 330 g/mol. The molecule has 1 heterocycles. The lowest BCUT2D eigenvalue weighted by Crippen LogP contribution is -2.20. The van der Waals surface area contributed by atoms with Crippen LogP contribution in [0.5, 0.6) is 0 Å². The molecule has 2 aromatic carbocycles. The van der Waals surface area contributed by atoms with E-state index in [9.17, 15) is 9.59 Å². The SMILES string of the molecule is Cc1ccc(NC(=O)COC(=O)c2ccc(-n3nccc3C)cc2)cc1. The van der Waals surface area contributed by atoms with E-state index in [2.05, 4.69) is 10.4 Å². The quantitative estimate of drug-likeness (QED) is 0.718. The molecule has 0 spiro atoms. The van der Waals surface area contributed by atoms with E-state index in [1.165, 1.54) is 0 Å². The molecule has 0 aliphatic carbocycles. The number of amides is 1. The fraction of sp³-hybridized carbons (Fsp3) is 0.150. The lowest BCUT2D eigenvalue weighted by Gasteiger charge is -2.08. The number of hydrogen-bond acceptors (Lipinski definition) is 4. The van der Waals surface area contributed by atoms with Gasteiger partial charge in [-0.1, -0.05) is 17.7 Å². The van der Waals surface area contributed by atoms with Gasteiger partial charge in [-0.3, -0.25) is 4.79 Å². The average molecular weight is 349 g/mol. The second-order valence-corrected chi connectivity index (χ2v) is 5.92. The van der Waals surface area contributed by atoms with Crippen molar-refractivity contribution in [3.8, 4) is 5.69 Å². The summed E-state index contributed by atoms with van der Waals surface area (Å²) in [7, 11) is 0. The van der Waals surface area contributed by atoms with Gasteiger partial charge in [0.1, 0.15) is 0 Å². The molecule has 1 amide bonds. The second-order valence-electron chi connectivity index (χ2n) is 5.92. The number of ether oxygens (including phenoxy) is 1. The van der Waals surface area contributed by atoms with Gasteiger partial charge >= 0.3 is 5.97 Å². The highest BCUT2D eigenvalue weighted by Gasteiger charge is 2.11. The Labute approximate surface area is 151 Å². The van der Waals surface area contributed by atoms with E-state index in [0.29, 0.717) is 11.3 Å². The number of nitrogens with zero attached hydrogens (tertiary/aromatic N) is 2. The number of esters is 1. The molecule has 3 rings (SSSR count). The summed E-state index contributed by atoms with van der Waals surface area (Å²) in [5.41, 5.74) is 3.98. The Morgan fingerprint density at radius 1 is 1.00 bits per heavy atom. The Morgan fingerprint density at radius 2 is 1.69 bits per heavy atom. The van der Waals surface area contributed by atoms with Crippen LogP contribution < -0.4 is 5.32 Å². The van der Waals surface area contributed by atoms with Crippen LogP contribution in [0.4, 0.5) is 5.69 Å². The fourth-order valence-electron chi connectivity index (χ4n) is 2.43. The number of carbonyl (C=O) groups excluding carboxylic acids is 2. The molecule has 0 atom stereocenters. The second kappa shape index (κ2) is 7.65. The van der Waals surface area contributed by atoms with Gasteiger partial charge < -0.3 is 10.1 Å². The fourth-order valence-corrected chi connectivity index (χ4v) is 2.43. The van der Waals surface area contributed by atoms with Gasteiger partial charge in [-0.15, -0.1) is 0 Å². The zero-order chi connectivity index (χ0) is 18.5. The molecule has 0 aliphatic rings. The Kier molecular flexibility index (Phi) is 5.12. The summed E-state index contributed by atoms with van der Waals surface area (Å²) in [6.07, 6.45) is 1.71. The van der Waals surface area contributed by atoms with E-state index < -0.39 is 5.97 Å². The van der Waals surface area contributed by atoms with Crippen LogP contribution >= 0.6 is 0 Å². The summed E-state index contributed by atoms with van der Waals surface area (Å²) >= 11 is 0. The van der Waals surface area contributed by atoms with Gasteiger partial charge in [0, 0.05) is 17.6 Å². The Balaban J connectivity index is 1.55. The van der Waals surface area contributed by atoms with Crippen molar-refractivity contribution in [2.45, 2.75) is 13.8 Å². The number of benzene rings is 2. The molecule has 26 heavy (non-hydrogen) atoms. The van der Waals surface area contributed by atoms with Crippen LogP contribution in [0.1, 0.15) is 21.6 Å². The van der Waals surface area contributed by atoms with E-state index in [4.69, 9.17) is 4.74 Å². The molecule has 0 aliphatic heterocycles. The van der Waals surface area contributed by atoms with Gasteiger partial charge in [-0.2, -0.15) is 5.10 Å². The maximum Gasteiger partial charge on any atom is 0.338 e. The molecule has 0 unspecified atom stereocenters. The molecule has 0 saturated heterocycles. The van der Waals surface area contributed by atoms with Crippen molar-refractivity contribution in [1.82, 2.24) is 9.78 Å². The summed E-state index contributed by atoms with van der Waals surface area (Å²) in [6.45, 7) is 3.57. The number of aromatic nitrogens is 2. The lowest BCUT2D eigenvalue weighted by atomic mass is 10.2. The predicted molar refractivity (Wildman–Crippen MR) is 98.4 cm³/mol. The minimum absolute atomic E-state index is 0.341. The zero-order valence-electron chi connectivity index (χ0n) is 14.6. The van der Waals surface area contributed by atoms with Gasteiger partial charge in [0.05, 0.1) is 11.3 Å². The topological polar surface area (TPSA) is 73.2 Å². The normalized spacial score (nSPS) is 10.4. The van der Waals surface area contributed by atoms with E-state index in [0.717, 1.165) is 16.9 Å². The third-order valence-electron chi connectivity index (χ3n) is 3.85.